The van der Waals surface area contributed by atoms with Gasteiger partial charge in [-0.1, -0.05) is 26.0 Å². The number of ether oxygens (including phenoxy) is 1. The zero-order chi connectivity index (χ0) is 13.8. The number of hydrogen-bond donors (Lipinski definition) is 1. The molecule has 100 valence electrons. The molecule has 0 saturated carbocycles. The maximum Gasteiger partial charge on any atom is 0.239 e. The molecule has 19 heavy (non-hydrogen) atoms. The van der Waals surface area contributed by atoms with Crippen molar-refractivity contribution >= 4 is 5.82 Å². The molecule has 0 aliphatic heterocycles. The molecule has 0 bridgehead atoms. The van der Waals surface area contributed by atoms with Crippen LogP contribution in [0.3, 0.4) is 0 Å². The Morgan fingerprint density at radius 2 is 2.00 bits per heavy atom. The normalized spacial score (nSPS) is 10.6. The summed E-state index contributed by atoms with van der Waals surface area (Å²) in [5, 5.41) is 2.94. The lowest BCUT2D eigenvalue weighted by Crippen LogP contribution is -1.97. The minimum Gasteiger partial charge on any atom is -0.437 e. The summed E-state index contributed by atoms with van der Waals surface area (Å²) in [6, 6.07) is 6.26. The van der Waals surface area contributed by atoms with E-state index in [1.165, 1.54) is 5.56 Å². The van der Waals surface area contributed by atoms with E-state index in [0.29, 0.717) is 17.6 Å². The van der Waals surface area contributed by atoms with E-state index < -0.39 is 0 Å². The van der Waals surface area contributed by atoms with Crippen LogP contribution < -0.4 is 10.1 Å². The molecule has 0 spiro atoms. The SMILES string of the molecule is CNc1cncc(Oc2cc(C(C)C)ccc2C)n1. The molecule has 0 aliphatic carbocycles. The van der Waals surface area contributed by atoms with E-state index in [9.17, 15) is 0 Å². The first-order chi connectivity index (χ1) is 9.10. The smallest absolute Gasteiger partial charge is 0.239 e. The third-order valence-corrected chi connectivity index (χ3v) is 2.96. The van der Waals surface area contributed by atoms with E-state index in [1.807, 2.05) is 6.92 Å². The summed E-state index contributed by atoms with van der Waals surface area (Å²) in [6.45, 7) is 6.35. The summed E-state index contributed by atoms with van der Waals surface area (Å²) in [5.41, 5.74) is 2.33. The summed E-state index contributed by atoms with van der Waals surface area (Å²) in [6.07, 6.45) is 3.27. The Balaban J connectivity index is 2.29. The molecular formula is C15H19N3O. The fourth-order valence-electron chi connectivity index (χ4n) is 1.72. The number of rotatable bonds is 4. The first-order valence-corrected chi connectivity index (χ1v) is 6.38. The van der Waals surface area contributed by atoms with Crippen molar-refractivity contribution in [3.05, 3.63) is 41.7 Å². The van der Waals surface area contributed by atoms with Crippen LogP contribution in [0.15, 0.2) is 30.6 Å². The number of hydrogen-bond acceptors (Lipinski definition) is 4. The van der Waals surface area contributed by atoms with Crippen LogP contribution in [-0.2, 0) is 0 Å². The molecule has 1 N–H and O–H groups in total. The number of aromatic nitrogens is 2. The molecule has 1 heterocycles. The van der Waals surface area contributed by atoms with Crippen LogP contribution in [-0.4, -0.2) is 17.0 Å². The van der Waals surface area contributed by atoms with Crippen molar-refractivity contribution in [2.45, 2.75) is 26.7 Å². The zero-order valence-corrected chi connectivity index (χ0v) is 11.8. The molecule has 4 heteroatoms. The fourth-order valence-corrected chi connectivity index (χ4v) is 1.72. The van der Waals surface area contributed by atoms with Crippen molar-refractivity contribution in [3.8, 4) is 11.6 Å². The van der Waals surface area contributed by atoms with Gasteiger partial charge in [-0.25, -0.2) is 0 Å². The maximum atomic E-state index is 5.83. The molecule has 1 aromatic carbocycles. The molecule has 4 nitrogen and oxygen atoms in total. The van der Waals surface area contributed by atoms with Gasteiger partial charge >= 0.3 is 0 Å². The van der Waals surface area contributed by atoms with Crippen molar-refractivity contribution in [2.75, 3.05) is 12.4 Å². The number of benzene rings is 1. The minimum atomic E-state index is 0.470. The molecule has 0 atom stereocenters. The van der Waals surface area contributed by atoms with Gasteiger partial charge in [-0.05, 0) is 30.0 Å². The van der Waals surface area contributed by atoms with E-state index in [4.69, 9.17) is 4.74 Å². The topological polar surface area (TPSA) is 47.0 Å². The second kappa shape index (κ2) is 5.69. The van der Waals surface area contributed by atoms with Crippen molar-refractivity contribution in [3.63, 3.8) is 0 Å². The van der Waals surface area contributed by atoms with Crippen LogP contribution in [0.25, 0.3) is 0 Å². The lowest BCUT2D eigenvalue weighted by molar-refractivity contribution is 0.456. The Morgan fingerprint density at radius 3 is 2.68 bits per heavy atom. The Morgan fingerprint density at radius 1 is 1.21 bits per heavy atom. The first kappa shape index (κ1) is 13.3. The third kappa shape index (κ3) is 3.22. The lowest BCUT2D eigenvalue weighted by Gasteiger charge is -2.12. The van der Waals surface area contributed by atoms with Crippen LogP contribution in [0.5, 0.6) is 11.6 Å². The lowest BCUT2D eigenvalue weighted by atomic mass is 10.0. The Kier molecular flexibility index (Phi) is 4.00. The largest absolute Gasteiger partial charge is 0.437 e. The van der Waals surface area contributed by atoms with Crippen LogP contribution in [0.1, 0.15) is 30.9 Å². The van der Waals surface area contributed by atoms with Gasteiger partial charge in [0.05, 0.1) is 12.4 Å². The molecule has 2 aromatic rings. The molecule has 0 saturated heterocycles. The Bertz CT molecular complexity index is 567. The third-order valence-electron chi connectivity index (χ3n) is 2.96. The quantitative estimate of drug-likeness (QED) is 0.906. The number of anilines is 1. The highest BCUT2D eigenvalue weighted by Crippen LogP contribution is 2.27. The van der Waals surface area contributed by atoms with Crippen LogP contribution in [0.4, 0.5) is 5.82 Å². The maximum absolute atomic E-state index is 5.83. The van der Waals surface area contributed by atoms with Crippen LogP contribution in [0, 0.1) is 6.92 Å². The Labute approximate surface area is 113 Å². The van der Waals surface area contributed by atoms with Gasteiger partial charge in [0.2, 0.25) is 5.88 Å². The van der Waals surface area contributed by atoms with Crippen molar-refractivity contribution in [2.24, 2.45) is 0 Å². The van der Waals surface area contributed by atoms with Gasteiger partial charge in [-0.3, -0.25) is 4.98 Å². The standard InChI is InChI=1S/C15H19N3O/c1-10(2)12-6-5-11(3)13(7-12)19-15-9-17-8-14(16-4)18-15/h5-10H,1-4H3,(H,16,18). The molecule has 0 radical (unpaired) electrons. The van der Waals surface area contributed by atoms with Crippen LogP contribution in [0.2, 0.25) is 0 Å². The van der Waals surface area contributed by atoms with Gasteiger partial charge in [0.25, 0.3) is 0 Å². The van der Waals surface area contributed by atoms with Crippen molar-refractivity contribution in [1.29, 1.82) is 0 Å². The summed E-state index contributed by atoms with van der Waals surface area (Å²) in [7, 11) is 1.80. The summed E-state index contributed by atoms with van der Waals surface area (Å²) in [5.74, 6) is 2.48. The highest BCUT2D eigenvalue weighted by molar-refractivity contribution is 5.40. The molecule has 0 aliphatic rings. The average molecular weight is 257 g/mol. The second-order valence-corrected chi connectivity index (χ2v) is 4.77. The predicted molar refractivity (Wildman–Crippen MR) is 76.9 cm³/mol. The zero-order valence-electron chi connectivity index (χ0n) is 11.8. The first-order valence-electron chi connectivity index (χ1n) is 6.38. The highest BCUT2D eigenvalue weighted by Gasteiger charge is 2.07. The highest BCUT2D eigenvalue weighted by atomic mass is 16.5. The molecule has 2 rings (SSSR count). The minimum absolute atomic E-state index is 0.470. The van der Waals surface area contributed by atoms with Gasteiger partial charge in [0.1, 0.15) is 11.6 Å². The van der Waals surface area contributed by atoms with Crippen molar-refractivity contribution in [1.82, 2.24) is 9.97 Å². The van der Waals surface area contributed by atoms with E-state index in [-0.39, 0.29) is 0 Å². The number of aryl methyl sites for hydroxylation is 1. The monoisotopic (exact) mass is 257 g/mol. The average Bonchev–Trinajstić information content (AvgIpc) is 2.41. The summed E-state index contributed by atoms with van der Waals surface area (Å²) >= 11 is 0. The molecule has 1 aromatic heterocycles. The Hall–Kier alpha value is -2.10. The van der Waals surface area contributed by atoms with Crippen molar-refractivity contribution < 1.29 is 4.74 Å². The number of nitrogens with zero attached hydrogens (tertiary/aromatic N) is 2. The number of nitrogens with one attached hydrogen (secondary N) is 1. The van der Waals surface area contributed by atoms with E-state index in [1.54, 1.807) is 19.4 Å². The van der Waals surface area contributed by atoms with Gasteiger partial charge in [-0.15, -0.1) is 0 Å². The second-order valence-electron chi connectivity index (χ2n) is 4.77. The van der Waals surface area contributed by atoms with E-state index in [0.717, 1.165) is 11.3 Å². The van der Waals surface area contributed by atoms with Crippen LogP contribution >= 0.6 is 0 Å². The van der Waals surface area contributed by atoms with Gasteiger partial charge in [0, 0.05) is 7.05 Å². The van der Waals surface area contributed by atoms with E-state index >= 15 is 0 Å². The molecule has 0 unspecified atom stereocenters. The summed E-state index contributed by atoms with van der Waals surface area (Å²) < 4.78 is 5.83. The van der Waals surface area contributed by atoms with Gasteiger partial charge in [-0.2, -0.15) is 4.98 Å². The predicted octanol–water partition coefficient (Wildman–Crippen LogP) is 3.74. The fraction of sp³-hybridized carbons (Fsp3) is 0.333. The summed E-state index contributed by atoms with van der Waals surface area (Å²) in [4.78, 5) is 8.40. The molecular weight excluding hydrogens is 238 g/mol. The van der Waals surface area contributed by atoms with Gasteiger partial charge in [0.15, 0.2) is 0 Å². The molecule has 0 fully saturated rings. The van der Waals surface area contributed by atoms with Gasteiger partial charge < -0.3 is 10.1 Å². The van der Waals surface area contributed by atoms with E-state index in [2.05, 4.69) is 47.3 Å². The molecule has 0 amide bonds.